The van der Waals surface area contributed by atoms with Crippen molar-refractivity contribution in [1.29, 1.82) is 0 Å². The fourth-order valence-electron chi connectivity index (χ4n) is 1.44. The van der Waals surface area contributed by atoms with Crippen LogP contribution in [-0.2, 0) is 13.0 Å². The minimum absolute atomic E-state index is 0.118. The van der Waals surface area contributed by atoms with E-state index in [2.05, 4.69) is 0 Å². The Morgan fingerprint density at radius 2 is 2.36 bits per heavy atom. The summed E-state index contributed by atoms with van der Waals surface area (Å²) in [6.07, 6.45) is 0.937. The van der Waals surface area contributed by atoms with Crippen LogP contribution in [-0.4, -0.2) is 11.7 Å². The molecule has 1 aromatic rings. The number of ether oxygens (including phenoxy) is 1. The van der Waals surface area contributed by atoms with Crippen molar-refractivity contribution in [2.45, 2.75) is 13.0 Å². The Morgan fingerprint density at radius 1 is 1.45 bits per heavy atom. The van der Waals surface area contributed by atoms with E-state index >= 15 is 0 Å². The molecule has 0 unspecified atom stereocenters. The van der Waals surface area contributed by atoms with E-state index in [0.29, 0.717) is 0 Å². The van der Waals surface area contributed by atoms with Crippen LogP contribution in [0.5, 0.6) is 5.75 Å². The fraction of sp³-hybridized carbons (Fsp3) is 0.333. The van der Waals surface area contributed by atoms with E-state index < -0.39 is 0 Å². The Bertz CT molecular complexity index is 268. The predicted octanol–water partition coefficient (Wildman–Crippen LogP) is 1.11. The van der Waals surface area contributed by atoms with Gasteiger partial charge in [-0.25, -0.2) is 0 Å². The van der Waals surface area contributed by atoms with E-state index in [0.717, 1.165) is 24.3 Å². The highest BCUT2D eigenvalue weighted by molar-refractivity contribution is 5.42. The van der Waals surface area contributed by atoms with Crippen LogP contribution in [0, 0.1) is 0 Å². The molecule has 0 saturated heterocycles. The summed E-state index contributed by atoms with van der Waals surface area (Å²) in [5.41, 5.74) is 2.18. The van der Waals surface area contributed by atoms with Crippen LogP contribution in [0.2, 0.25) is 0 Å². The van der Waals surface area contributed by atoms with E-state index in [1.807, 2.05) is 18.2 Å². The van der Waals surface area contributed by atoms with Crippen molar-refractivity contribution in [2.75, 3.05) is 6.61 Å². The second-order valence-corrected chi connectivity index (χ2v) is 2.65. The van der Waals surface area contributed by atoms with E-state index in [9.17, 15) is 0 Å². The molecule has 1 aliphatic heterocycles. The van der Waals surface area contributed by atoms with Crippen LogP contribution in [0.15, 0.2) is 18.2 Å². The maximum Gasteiger partial charge on any atom is 0.122 e. The lowest BCUT2D eigenvalue weighted by molar-refractivity contribution is 0.281. The second-order valence-electron chi connectivity index (χ2n) is 2.65. The Morgan fingerprint density at radius 3 is 3.18 bits per heavy atom. The van der Waals surface area contributed by atoms with Gasteiger partial charge in [0.15, 0.2) is 0 Å². The first-order chi connectivity index (χ1) is 5.42. The molecule has 2 heteroatoms. The highest BCUT2D eigenvalue weighted by atomic mass is 16.5. The van der Waals surface area contributed by atoms with E-state index in [1.54, 1.807) is 0 Å². The van der Waals surface area contributed by atoms with Gasteiger partial charge in [0, 0.05) is 12.0 Å². The van der Waals surface area contributed by atoms with E-state index in [-0.39, 0.29) is 6.61 Å². The van der Waals surface area contributed by atoms with Gasteiger partial charge in [-0.3, -0.25) is 0 Å². The molecular weight excluding hydrogens is 140 g/mol. The molecule has 0 aromatic heterocycles. The third-order valence-corrected chi connectivity index (χ3v) is 2.01. The molecule has 0 fully saturated rings. The smallest absolute Gasteiger partial charge is 0.122 e. The quantitative estimate of drug-likeness (QED) is 0.650. The van der Waals surface area contributed by atoms with Crippen molar-refractivity contribution in [3.05, 3.63) is 29.3 Å². The van der Waals surface area contributed by atoms with Gasteiger partial charge in [-0.15, -0.1) is 0 Å². The summed E-state index contributed by atoms with van der Waals surface area (Å²) in [7, 11) is 0. The molecule has 2 rings (SSSR count). The Kier molecular flexibility index (Phi) is 1.55. The molecular formula is C9H10O2. The van der Waals surface area contributed by atoms with Crippen LogP contribution in [0.25, 0.3) is 0 Å². The minimum Gasteiger partial charge on any atom is -0.493 e. The normalized spacial score (nSPS) is 14.3. The van der Waals surface area contributed by atoms with Crippen LogP contribution in [0.1, 0.15) is 11.1 Å². The van der Waals surface area contributed by atoms with Crippen LogP contribution < -0.4 is 4.74 Å². The molecule has 2 nitrogen and oxygen atoms in total. The second kappa shape index (κ2) is 2.55. The summed E-state index contributed by atoms with van der Waals surface area (Å²) in [5.74, 6) is 0.941. The molecule has 58 valence electrons. The van der Waals surface area contributed by atoms with Gasteiger partial charge < -0.3 is 9.84 Å². The summed E-state index contributed by atoms with van der Waals surface area (Å²) < 4.78 is 5.33. The predicted molar refractivity (Wildman–Crippen MR) is 41.6 cm³/mol. The largest absolute Gasteiger partial charge is 0.493 e. The van der Waals surface area contributed by atoms with Crippen molar-refractivity contribution >= 4 is 0 Å². The van der Waals surface area contributed by atoms with E-state index in [1.165, 1.54) is 5.56 Å². The summed E-state index contributed by atoms with van der Waals surface area (Å²) in [4.78, 5) is 0. The molecule has 0 aliphatic carbocycles. The van der Waals surface area contributed by atoms with Gasteiger partial charge in [0.2, 0.25) is 0 Å². The number of aliphatic hydroxyl groups is 1. The van der Waals surface area contributed by atoms with Gasteiger partial charge in [0.05, 0.1) is 13.2 Å². The summed E-state index contributed by atoms with van der Waals surface area (Å²) >= 11 is 0. The molecule has 1 aromatic carbocycles. The average Bonchev–Trinajstić information content (AvgIpc) is 2.50. The molecule has 0 amide bonds. The number of hydrogen-bond donors (Lipinski definition) is 1. The first-order valence-electron chi connectivity index (χ1n) is 3.76. The maximum atomic E-state index is 8.95. The summed E-state index contributed by atoms with van der Waals surface area (Å²) in [5, 5.41) is 8.95. The van der Waals surface area contributed by atoms with Crippen molar-refractivity contribution in [2.24, 2.45) is 0 Å². The van der Waals surface area contributed by atoms with Gasteiger partial charge >= 0.3 is 0 Å². The Labute approximate surface area is 65.4 Å². The number of hydrogen-bond acceptors (Lipinski definition) is 2. The molecule has 0 atom stereocenters. The Balaban J connectivity index is 2.50. The zero-order valence-electron chi connectivity index (χ0n) is 6.21. The minimum atomic E-state index is 0.118. The van der Waals surface area contributed by atoms with Crippen molar-refractivity contribution in [3.63, 3.8) is 0 Å². The lowest BCUT2D eigenvalue weighted by atomic mass is 10.1. The molecule has 1 N–H and O–H groups in total. The van der Waals surface area contributed by atoms with Crippen LogP contribution in [0.3, 0.4) is 0 Å². The molecule has 1 heterocycles. The topological polar surface area (TPSA) is 29.5 Å². The molecule has 0 saturated carbocycles. The van der Waals surface area contributed by atoms with Gasteiger partial charge in [-0.05, 0) is 11.6 Å². The third-order valence-electron chi connectivity index (χ3n) is 2.01. The standard InChI is InChI=1S/C9H10O2/c10-6-7-2-1-3-9-8(7)4-5-11-9/h1-3,10H,4-6H2. The van der Waals surface area contributed by atoms with Gasteiger partial charge in [0.1, 0.15) is 5.75 Å². The lowest BCUT2D eigenvalue weighted by Crippen LogP contribution is -1.89. The van der Waals surface area contributed by atoms with Crippen molar-refractivity contribution < 1.29 is 9.84 Å². The van der Waals surface area contributed by atoms with Gasteiger partial charge in [0.25, 0.3) is 0 Å². The highest BCUT2D eigenvalue weighted by Crippen LogP contribution is 2.27. The zero-order chi connectivity index (χ0) is 7.68. The molecule has 0 bridgehead atoms. The van der Waals surface area contributed by atoms with Crippen LogP contribution >= 0.6 is 0 Å². The maximum absolute atomic E-state index is 8.95. The lowest BCUT2D eigenvalue weighted by Gasteiger charge is -2.01. The average molecular weight is 150 g/mol. The number of aliphatic hydroxyl groups excluding tert-OH is 1. The molecule has 1 aliphatic rings. The molecule has 0 spiro atoms. The van der Waals surface area contributed by atoms with Crippen LogP contribution in [0.4, 0.5) is 0 Å². The van der Waals surface area contributed by atoms with Gasteiger partial charge in [-0.2, -0.15) is 0 Å². The monoisotopic (exact) mass is 150 g/mol. The highest BCUT2D eigenvalue weighted by Gasteiger charge is 2.14. The molecule has 11 heavy (non-hydrogen) atoms. The fourth-order valence-corrected chi connectivity index (χ4v) is 1.44. The summed E-state index contributed by atoms with van der Waals surface area (Å²) in [6.45, 7) is 0.874. The molecule has 0 radical (unpaired) electrons. The first kappa shape index (κ1) is 6.68. The number of rotatable bonds is 1. The number of benzene rings is 1. The zero-order valence-corrected chi connectivity index (χ0v) is 6.21. The summed E-state index contributed by atoms with van der Waals surface area (Å²) in [6, 6.07) is 5.80. The Hall–Kier alpha value is -1.02. The first-order valence-corrected chi connectivity index (χ1v) is 3.76. The number of fused-ring (bicyclic) bond motifs is 1. The third kappa shape index (κ3) is 0.994. The van der Waals surface area contributed by atoms with Gasteiger partial charge in [-0.1, -0.05) is 12.1 Å². The van der Waals surface area contributed by atoms with Crippen molar-refractivity contribution in [1.82, 2.24) is 0 Å². The van der Waals surface area contributed by atoms with Crippen molar-refractivity contribution in [3.8, 4) is 5.75 Å². The SMILES string of the molecule is OCc1cccc2c1CCO2. The van der Waals surface area contributed by atoms with E-state index in [4.69, 9.17) is 9.84 Å².